The molecular formula is C14H16N2O. The number of pyridine rings is 1. The monoisotopic (exact) mass is 228 g/mol. The summed E-state index contributed by atoms with van der Waals surface area (Å²) >= 11 is 0. The van der Waals surface area contributed by atoms with E-state index in [4.69, 9.17) is 5.73 Å². The Kier molecular flexibility index (Phi) is 3.28. The normalized spacial score (nSPS) is 10.4. The molecule has 1 aromatic carbocycles. The molecular weight excluding hydrogens is 212 g/mol. The summed E-state index contributed by atoms with van der Waals surface area (Å²) in [6.07, 6.45) is 2.22. The molecule has 0 radical (unpaired) electrons. The Morgan fingerprint density at radius 3 is 2.41 bits per heavy atom. The standard InChI is InChI=1S/C14H16N2O/c1-2-3-10-4-6-11(7-5-10)12-8-13(15)16-14(17)9-12/h4-9H,2-3H2,1H3,(H3,15,16,17). The van der Waals surface area contributed by atoms with E-state index < -0.39 is 0 Å². The predicted octanol–water partition coefficient (Wildman–Crippen LogP) is 2.58. The van der Waals surface area contributed by atoms with E-state index in [0.29, 0.717) is 5.82 Å². The summed E-state index contributed by atoms with van der Waals surface area (Å²) in [5, 5.41) is 0. The lowest BCUT2D eigenvalue weighted by Gasteiger charge is -2.04. The van der Waals surface area contributed by atoms with E-state index in [1.807, 2.05) is 12.1 Å². The van der Waals surface area contributed by atoms with Crippen LogP contribution in [-0.4, -0.2) is 4.98 Å². The minimum atomic E-state index is -0.169. The molecule has 88 valence electrons. The van der Waals surface area contributed by atoms with Crippen LogP contribution in [-0.2, 0) is 6.42 Å². The Hall–Kier alpha value is -2.03. The predicted molar refractivity (Wildman–Crippen MR) is 70.9 cm³/mol. The van der Waals surface area contributed by atoms with E-state index >= 15 is 0 Å². The highest BCUT2D eigenvalue weighted by Gasteiger charge is 2.00. The maximum absolute atomic E-state index is 11.3. The van der Waals surface area contributed by atoms with E-state index in [0.717, 1.165) is 24.0 Å². The van der Waals surface area contributed by atoms with Gasteiger partial charge in [-0.25, -0.2) is 0 Å². The third-order valence-electron chi connectivity index (χ3n) is 2.69. The van der Waals surface area contributed by atoms with Crippen molar-refractivity contribution in [2.75, 3.05) is 5.73 Å². The van der Waals surface area contributed by atoms with Crippen molar-refractivity contribution in [1.82, 2.24) is 4.98 Å². The molecule has 0 unspecified atom stereocenters. The number of anilines is 1. The molecule has 0 amide bonds. The van der Waals surface area contributed by atoms with Gasteiger partial charge in [0.15, 0.2) is 0 Å². The Labute approximate surface area is 100 Å². The first-order valence-corrected chi connectivity index (χ1v) is 5.78. The lowest BCUT2D eigenvalue weighted by molar-refractivity contribution is 0.922. The highest BCUT2D eigenvalue weighted by Crippen LogP contribution is 2.19. The number of benzene rings is 1. The second-order valence-corrected chi connectivity index (χ2v) is 4.14. The zero-order chi connectivity index (χ0) is 12.3. The highest BCUT2D eigenvalue weighted by molar-refractivity contribution is 5.65. The molecule has 3 N–H and O–H groups in total. The zero-order valence-corrected chi connectivity index (χ0v) is 9.86. The van der Waals surface area contributed by atoms with Crippen molar-refractivity contribution in [2.24, 2.45) is 0 Å². The molecule has 17 heavy (non-hydrogen) atoms. The smallest absolute Gasteiger partial charge is 0.250 e. The van der Waals surface area contributed by atoms with Gasteiger partial charge in [0.05, 0.1) is 0 Å². The quantitative estimate of drug-likeness (QED) is 0.848. The SMILES string of the molecule is CCCc1ccc(-c2cc(N)[nH]c(=O)c2)cc1. The van der Waals surface area contributed by atoms with Crippen LogP contribution in [0.2, 0.25) is 0 Å². The maximum atomic E-state index is 11.3. The van der Waals surface area contributed by atoms with Crippen molar-refractivity contribution in [3.05, 3.63) is 52.3 Å². The summed E-state index contributed by atoms with van der Waals surface area (Å²) in [5.41, 5.74) is 8.64. The van der Waals surface area contributed by atoms with E-state index in [2.05, 4.69) is 24.0 Å². The van der Waals surface area contributed by atoms with Crippen LogP contribution in [0, 0.1) is 0 Å². The number of aromatic nitrogens is 1. The van der Waals surface area contributed by atoms with Crippen LogP contribution in [0.3, 0.4) is 0 Å². The molecule has 0 aliphatic carbocycles. The van der Waals surface area contributed by atoms with Crippen LogP contribution in [0.5, 0.6) is 0 Å². The number of aromatic amines is 1. The van der Waals surface area contributed by atoms with Gasteiger partial charge in [0.2, 0.25) is 5.56 Å². The van der Waals surface area contributed by atoms with Crippen LogP contribution in [0.1, 0.15) is 18.9 Å². The van der Waals surface area contributed by atoms with E-state index in [1.165, 1.54) is 5.56 Å². The van der Waals surface area contributed by atoms with E-state index in [-0.39, 0.29) is 5.56 Å². The molecule has 0 spiro atoms. The van der Waals surface area contributed by atoms with Crippen molar-refractivity contribution in [2.45, 2.75) is 19.8 Å². The summed E-state index contributed by atoms with van der Waals surface area (Å²) in [4.78, 5) is 13.9. The number of hydrogen-bond acceptors (Lipinski definition) is 2. The Morgan fingerprint density at radius 1 is 1.12 bits per heavy atom. The van der Waals surface area contributed by atoms with Gasteiger partial charge in [-0.2, -0.15) is 0 Å². The molecule has 2 rings (SSSR count). The summed E-state index contributed by atoms with van der Waals surface area (Å²) in [6.45, 7) is 2.16. The van der Waals surface area contributed by atoms with Gasteiger partial charge in [0, 0.05) is 6.07 Å². The topological polar surface area (TPSA) is 58.9 Å². The molecule has 1 heterocycles. The zero-order valence-electron chi connectivity index (χ0n) is 9.86. The molecule has 0 atom stereocenters. The molecule has 0 aliphatic heterocycles. The van der Waals surface area contributed by atoms with Crippen LogP contribution < -0.4 is 11.3 Å². The van der Waals surface area contributed by atoms with Gasteiger partial charge in [-0.05, 0) is 29.2 Å². The molecule has 0 saturated carbocycles. The van der Waals surface area contributed by atoms with Gasteiger partial charge < -0.3 is 10.7 Å². The lowest BCUT2D eigenvalue weighted by atomic mass is 10.0. The molecule has 2 aromatic rings. The summed E-state index contributed by atoms with van der Waals surface area (Å²) in [5.74, 6) is 0.394. The van der Waals surface area contributed by atoms with Crippen molar-refractivity contribution < 1.29 is 0 Å². The summed E-state index contributed by atoms with van der Waals surface area (Å²) in [7, 11) is 0. The number of nitrogens with one attached hydrogen (secondary N) is 1. The van der Waals surface area contributed by atoms with Crippen LogP contribution in [0.15, 0.2) is 41.2 Å². The Balaban J connectivity index is 2.36. The van der Waals surface area contributed by atoms with Gasteiger partial charge in [0.1, 0.15) is 5.82 Å². The summed E-state index contributed by atoms with van der Waals surface area (Å²) < 4.78 is 0. The van der Waals surface area contributed by atoms with Gasteiger partial charge in [-0.15, -0.1) is 0 Å². The number of aryl methyl sites for hydroxylation is 1. The van der Waals surface area contributed by atoms with Crippen LogP contribution in [0.25, 0.3) is 11.1 Å². The van der Waals surface area contributed by atoms with E-state index in [9.17, 15) is 4.79 Å². The molecule has 3 heteroatoms. The maximum Gasteiger partial charge on any atom is 0.250 e. The fourth-order valence-electron chi connectivity index (χ4n) is 1.88. The Morgan fingerprint density at radius 2 is 1.82 bits per heavy atom. The van der Waals surface area contributed by atoms with Gasteiger partial charge >= 0.3 is 0 Å². The first kappa shape index (κ1) is 11.5. The number of rotatable bonds is 3. The molecule has 0 aliphatic rings. The number of nitrogens with two attached hydrogens (primary N) is 1. The van der Waals surface area contributed by atoms with Crippen LogP contribution in [0.4, 0.5) is 5.82 Å². The second kappa shape index (κ2) is 4.87. The molecule has 1 aromatic heterocycles. The number of H-pyrrole nitrogens is 1. The van der Waals surface area contributed by atoms with Gasteiger partial charge in [0.25, 0.3) is 0 Å². The molecule has 3 nitrogen and oxygen atoms in total. The highest BCUT2D eigenvalue weighted by atomic mass is 16.1. The number of hydrogen-bond donors (Lipinski definition) is 2. The van der Waals surface area contributed by atoms with Crippen LogP contribution >= 0.6 is 0 Å². The first-order valence-electron chi connectivity index (χ1n) is 5.78. The fraction of sp³-hybridized carbons (Fsp3) is 0.214. The third-order valence-corrected chi connectivity index (χ3v) is 2.69. The van der Waals surface area contributed by atoms with Crippen molar-refractivity contribution in [1.29, 1.82) is 0 Å². The third kappa shape index (κ3) is 2.75. The van der Waals surface area contributed by atoms with Gasteiger partial charge in [-0.3, -0.25) is 4.79 Å². The van der Waals surface area contributed by atoms with Gasteiger partial charge in [-0.1, -0.05) is 37.6 Å². The molecule has 0 fully saturated rings. The Bertz CT molecular complexity index is 555. The number of nitrogen functional groups attached to an aromatic ring is 1. The summed E-state index contributed by atoms with van der Waals surface area (Å²) in [6, 6.07) is 11.6. The fourth-order valence-corrected chi connectivity index (χ4v) is 1.88. The minimum absolute atomic E-state index is 0.169. The van der Waals surface area contributed by atoms with Crippen molar-refractivity contribution in [3.63, 3.8) is 0 Å². The molecule has 0 bridgehead atoms. The average Bonchev–Trinajstić information content (AvgIpc) is 2.29. The first-order chi connectivity index (χ1) is 8.19. The van der Waals surface area contributed by atoms with E-state index in [1.54, 1.807) is 12.1 Å². The van der Waals surface area contributed by atoms with Crippen molar-refractivity contribution >= 4 is 5.82 Å². The molecule has 0 saturated heterocycles. The average molecular weight is 228 g/mol. The lowest BCUT2D eigenvalue weighted by Crippen LogP contribution is -2.07. The minimum Gasteiger partial charge on any atom is -0.385 e. The van der Waals surface area contributed by atoms with Crippen molar-refractivity contribution in [3.8, 4) is 11.1 Å². The largest absolute Gasteiger partial charge is 0.385 e. The second-order valence-electron chi connectivity index (χ2n) is 4.14.